The van der Waals surface area contributed by atoms with Crippen molar-refractivity contribution in [2.75, 3.05) is 11.9 Å². The van der Waals surface area contributed by atoms with Gasteiger partial charge in [0.05, 0.1) is 6.20 Å². The van der Waals surface area contributed by atoms with Crippen LogP contribution in [0.2, 0.25) is 0 Å². The number of aromatic amines is 2. The van der Waals surface area contributed by atoms with E-state index >= 15 is 0 Å². The summed E-state index contributed by atoms with van der Waals surface area (Å²) in [4.78, 5) is 20.5. The molecule has 0 unspecified atom stereocenters. The number of nitrogens with zero attached hydrogens (tertiary/aromatic N) is 3. The molecule has 0 aliphatic heterocycles. The molecule has 1 aromatic carbocycles. The highest BCUT2D eigenvalue weighted by Crippen LogP contribution is 2.12. The second kappa shape index (κ2) is 4.76. The zero-order valence-corrected chi connectivity index (χ0v) is 10.7. The molecule has 0 spiro atoms. The van der Waals surface area contributed by atoms with E-state index in [-0.39, 0.29) is 11.4 Å². The molecule has 102 valence electrons. The number of aromatic nitrogens is 4. The molecule has 3 rings (SSSR count). The van der Waals surface area contributed by atoms with Crippen molar-refractivity contribution in [3.63, 3.8) is 0 Å². The van der Waals surface area contributed by atoms with Gasteiger partial charge in [-0.1, -0.05) is 12.1 Å². The summed E-state index contributed by atoms with van der Waals surface area (Å²) in [6, 6.07) is 6.29. The van der Waals surface area contributed by atoms with E-state index in [9.17, 15) is 9.18 Å². The summed E-state index contributed by atoms with van der Waals surface area (Å²) >= 11 is 0. The number of H-pyrrole nitrogens is 2. The minimum Gasteiger partial charge on any atom is -0.341 e. The number of nitrogens with one attached hydrogen (secondary N) is 2. The first kappa shape index (κ1) is 12.3. The fraction of sp³-hybridized carbons (Fsp3) is 0.154. The van der Waals surface area contributed by atoms with Gasteiger partial charge in [-0.05, 0) is 17.7 Å². The van der Waals surface area contributed by atoms with E-state index < -0.39 is 0 Å². The molecule has 2 N–H and O–H groups in total. The van der Waals surface area contributed by atoms with Gasteiger partial charge in [-0.3, -0.25) is 14.9 Å². The molecule has 7 heteroatoms. The average Bonchev–Trinajstić information content (AvgIpc) is 2.87. The number of fused-ring (bicyclic) bond motifs is 1. The zero-order valence-electron chi connectivity index (χ0n) is 10.7. The zero-order chi connectivity index (χ0) is 14.1. The van der Waals surface area contributed by atoms with Crippen LogP contribution in [0.15, 0.2) is 35.3 Å². The lowest BCUT2D eigenvalue weighted by atomic mass is 10.2. The van der Waals surface area contributed by atoms with Crippen LogP contribution in [0.5, 0.6) is 0 Å². The van der Waals surface area contributed by atoms with E-state index in [1.54, 1.807) is 18.0 Å². The van der Waals surface area contributed by atoms with Crippen molar-refractivity contribution in [1.82, 2.24) is 20.2 Å². The summed E-state index contributed by atoms with van der Waals surface area (Å²) in [6.45, 7) is 0.431. The Bertz CT molecular complexity index is 810. The summed E-state index contributed by atoms with van der Waals surface area (Å²) in [6.07, 6.45) is 1.43. The molecule has 3 aromatic rings. The lowest BCUT2D eigenvalue weighted by Crippen LogP contribution is -2.22. The predicted octanol–water partition coefficient (Wildman–Crippen LogP) is 1.42. The molecule has 0 atom stereocenters. The van der Waals surface area contributed by atoms with Crippen LogP contribution in [0, 0.1) is 5.82 Å². The number of halogens is 1. The maximum atomic E-state index is 13.1. The van der Waals surface area contributed by atoms with Crippen molar-refractivity contribution in [2.24, 2.45) is 0 Å². The van der Waals surface area contributed by atoms with E-state index in [2.05, 4.69) is 20.2 Å². The molecular formula is C13H12FN5O. The quantitative estimate of drug-likeness (QED) is 0.756. The lowest BCUT2D eigenvalue weighted by molar-refractivity contribution is 0.625. The first-order valence-electron chi connectivity index (χ1n) is 6.02. The van der Waals surface area contributed by atoms with Gasteiger partial charge in [0.25, 0.3) is 5.56 Å². The molecule has 0 saturated heterocycles. The third kappa shape index (κ3) is 2.25. The predicted molar refractivity (Wildman–Crippen MR) is 73.0 cm³/mol. The smallest absolute Gasteiger partial charge is 0.263 e. The minimum absolute atomic E-state index is 0.259. The molecule has 0 aliphatic rings. The third-order valence-corrected chi connectivity index (χ3v) is 2.98. The Morgan fingerprint density at radius 2 is 2.25 bits per heavy atom. The van der Waals surface area contributed by atoms with Crippen LogP contribution in [0.4, 0.5) is 10.3 Å². The summed E-state index contributed by atoms with van der Waals surface area (Å²) < 4.78 is 13.1. The molecule has 20 heavy (non-hydrogen) atoms. The van der Waals surface area contributed by atoms with Crippen LogP contribution in [0.1, 0.15) is 5.56 Å². The van der Waals surface area contributed by atoms with Gasteiger partial charge < -0.3 is 4.90 Å². The Labute approximate surface area is 113 Å². The molecule has 0 saturated carbocycles. The summed E-state index contributed by atoms with van der Waals surface area (Å²) in [5, 5.41) is 6.85. The Morgan fingerprint density at radius 3 is 3.05 bits per heavy atom. The fourth-order valence-electron chi connectivity index (χ4n) is 2.00. The Morgan fingerprint density at radius 1 is 1.40 bits per heavy atom. The summed E-state index contributed by atoms with van der Waals surface area (Å²) in [5.41, 5.74) is 0.958. The van der Waals surface area contributed by atoms with Crippen LogP contribution in [-0.2, 0) is 6.54 Å². The SMILES string of the molecule is CN(Cc1cccc(F)c1)c1nc2[nH]ncc2c(=O)[nH]1. The van der Waals surface area contributed by atoms with Crippen molar-refractivity contribution < 1.29 is 4.39 Å². The normalized spacial score (nSPS) is 10.9. The van der Waals surface area contributed by atoms with Crippen LogP contribution < -0.4 is 10.5 Å². The third-order valence-electron chi connectivity index (χ3n) is 2.98. The van der Waals surface area contributed by atoms with Crippen LogP contribution in [0.3, 0.4) is 0 Å². The Hall–Kier alpha value is -2.70. The van der Waals surface area contributed by atoms with Crippen molar-refractivity contribution in [3.05, 3.63) is 52.2 Å². The lowest BCUT2D eigenvalue weighted by Gasteiger charge is -2.17. The fourth-order valence-corrected chi connectivity index (χ4v) is 2.00. The van der Waals surface area contributed by atoms with Gasteiger partial charge in [-0.15, -0.1) is 0 Å². The summed E-state index contributed by atoms with van der Waals surface area (Å²) in [5.74, 6) is 0.109. The van der Waals surface area contributed by atoms with Crippen LogP contribution >= 0.6 is 0 Å². The molecule has 0 fully saturated rings. The number of rotatable bonds is 3. The summed E-state index contributed by atoms with van der Waals surface area (Å²) in [7, 11) is 1.77. The van der Waals surface area contributed by atoms with Gasteiger partial charge in [0.1, 0.15) is 11.2 Å². The van der Waals surface area contributed by atoms with Gasteiger partial charge in [0.2, 0.25) is 5.95 Å². The van der Waals surface area contributed by atoms with Crippen molar-refractivity contribution in [2.45, 2.75) is 6.54 Å². The molecule has 6 nitrogen and oxygen atoms in total. The highest BCUT2D eigenvalue weighted by atomic mass is 19.1. The van der Waals surface area contributed by atoms with Crippen molar-refractivity contribution in [3.8, 4) is 0 Å². The van der Waals surface area contributed by atoms with Gasteiger partial charge in [-0.25, -0.2) is 4.39 Å². The largest absolute Gasteiger partial charge is 0.341 e. The standard InChI is InChI=1S/C13H12FN5O/c1-19(7-8-3-2-4-9(14)5-8)13-16-11-10(6-15-18-11)12(20)17-13/h2-6H,7H2,1H3,(H2,15,16,17,18,20). The Kier molecular flexibility index (Phi) is 2.94. The van der Waals surface area contributed by atoms with E-state index in [0.29, 0.717) is 23.5 Å². The number of hydrogen-bond donors (Lipinski definition) is 2. The first-order chi connectivity index (χ1) is 9.63. The molecule has 2 aromatic heterocycles. The van der Waals surface area contributed by atoms with Crippen molar-refractivity contribution >= 4 is 17.0 Å². The maximum absolute atomic E-state index is 13.1. The van der Waals surface area contributed by atoms with E-state index in [0.717, 1.165) is 5.56 Å². The maximum Gasteiger partial charge on any atom is 0.263 e. The highest BCUT2D eigenvalue weighted by Gasteiger charge is 2.09. The van der Waals surface area contributed by atoms with Crippen LogP contribution in [-0.4, -0.2) is 27.2 Å². The van der Waals surface area contributed by atoms with E-state index in [1.165, 1.54) is 18.3 Å². The van der Waals surface area contributed by atoms with Gasteiger partial charge in [-0.2, -0.15) is 10.1 Å². The molecule has 0 aliphatic carbocycles. The monoisotopic (exact) mass is 273 g/mol. The number of anilines is 1. The molecule has 0 radical (unpaired) electrons. The van der Waals surface area contributed by atoms with Gasteiger partial charge in [0.15, 0.2) is 5.65 Å². The van der Waals surface area contributed by atoms with Crippen LogP contribution in [0.25, 0.3) is 11.0 Å². The van der Waals surface area contributed by atoms with E-state index in [4.69, 9.17) is 0 Å². The number of hydrogen-bond acceptors (Lipinski definition) is 4. The molecule has 0 amide bonds. The van der Waals surface area contributed by atoms with E-state index in [1.807, 2.05) is 6.07 Å². The topological polar surface area (TPSA) is 77.7 Å². The average molecular weight is 273 g/mol. The Balaban J connectivity index is 1.92. The molecular weight excluding hydrogens is 261 g/mol. The molecule has 2 heterocycles. The van der Waals surface area contributed by atoms with Gasteiger partial charge in [0, 0.05) is 13.6 Å². The van der Waals surface area contributed by atoms with Gasteiger partial charge >= 0.3 is 0 Å². The second-order valence-electron chi connectivity index (χ2n) is 4.51. The first-order valence-corrected chi connectivity index (χ1v) is 6.02. The minimum atomic E-state index is -0.290. The van der Waals surface area contributed by atoms with Crippen molar-refractivity contribution in [1.29, 1.82) is 0 Å². The molecule has 0 bridgehead atoms. The second-order valence-corrected chi connectivity index (χ2v) is 4.51. The number of benzene rings is 1. The highest BCUT2D eigenvalue weighted by molar-refractivity contribution is 5.73.